The number of carbonyl (C=O) groups excluding carboxylic acids is 2. The molecule has 0 aromatic carbocycles. The Hall–Kier alpha value is -2.55. The fraction of sp³-hybridized carbons (Fsp3) is 0.700. The molecule has 1 aliphatic carbocycles. The van der Waals surface area contributed by atoms with Crippen molar-refractivity contribution < 1.29 is 24.9 Å². The average molecular weight is 497 g/mol. The summed E-state index contributed by atoms with van der Waals surface area (Å²) in [5, 5.41) is 45.0. The normalized spacial score (nSPS) is 23.2. The SMILES string of the molecule is CCCCNc1nc(SCCC)nc2c1nnn2C1C[C@H](C(=O)NC(CO)C(N)=O)C(O)C1O. The molecule has 13 nitrogen and oxygen atoms in total. The van der Waals surface area contributed by atoms with E-state index in [1.807, 2.05) is 0 Å². The van der Waals surface area contributed by atoms with Crippen molar-refractivity contribution in [3.05, 3.63) is 0 Å². The predicted molar refractivity (Wildman–Crippen MR) is 125 cm³/mol. The van der Waals surface area contributed by atoms with Gasteiger partial charge in [0.2, 0.25) is 11.8 Å². The third kappa shape index (κ3) is 5.56. The molecule has 2 heterocycles. The molecular formula is C20H32N8O5S. The molecule has 4 unspecified atom stereocenters. The number of carbonyl (C=O) groups is 2. The summed E-state index contributed by atoms with van der Waals surface area (Å²) in [5.74, 6) is -1.30. The molecule has 14 heteroatoms. The third-order valence-corrected chi connectivity index (χ3v) is 6.76. The number of anilines is 1. The Morgan fingerprint density at radius 3 is 2.65 bits per heavy atom. The minimum atomic E-state index is -1.42. The number of rotatable bonds is 12. The smallest absolute Gasteiger partial charge is 0.242 e. The Morgan fingerprint density at radius 2 is 2.00 bits per heavy atom. The van der Waals surface area contributed by atoms with Crippen molar-refractivity contribution in [1.29, 1.82) is 0 Å². The summed E-state index contributed by atoms with van der Waals surface area (Å²) in [4.78, 5) is 33.1. The fourth-order valence-electron chi connectivity index (χ4n) is 3.80. The van der Waals surface area contributed by atoms with Crippen molar-refractivity contribution in [3.8, 4) is 0 Å². The highest BCUT2D eigenvalue weighted by atomic mass is 32.2. The van der Waals surface area contributed by atoms with Gasteiger partial charge in [-0.15, -0.1) is 5.10 Å². The van der Waals surface area contributed by atoms with Crippen molar-refractivity contribution in [3.63, 3.8) is 0 Å². The zero-order chi connectivity index (χ0) is 24.8. The summed E-state index contributed by atoms with van der Waals surface area (Å²) >= 11 is 1.49. The Labute approximate surface area is 200 Å². The van der Waals surface area contributed by atoms with E-state index in [0.717, 1.165) is 25.0 Å². The second kappa shape index (κ2) is 11.7. The predicted octanol–water partition coefficient (Wildman–Crippen LogP) is -0.819. The van der Waals surface area contributed by atoms with Crippen LogP contribution in [-0.4, -0.2) is 89.3 Å². The number of aromatic nitrogens is 5. The summed E-state index contributed by atoms with van der Waals surface area (Å²) in [6.45, 7) is 4.17. The van der Waals surface area contributed by atoms with E-state index in [1.54, 1.807) is 0 Å². The maximum absolute atomic E-state index is 12.6. The summed E-state index contributed by atoms with van der Waals surface area (Å²) in [6, 6.07) is -2.08. The number of unbranched alkanes of at least 4 members (excludes halogenated alkanes) is 1. The van der Waals surface area contributed by atoms with Crippen molar-refractivity contribution in [1.82, 2.24) is 30.3 Å². The van der Waals surface area contributed by atoms with Crippen LogP contribution in [0.5, 0.6) is 0 Å². The standard InChI is InChI=1S/C20H32N8O5S/c1-3-5-6-22-17-13-18(25-20(24-17)34-7-4-2)28(27-26-13)12-8-10(14(30)15(12)31)19(33)23-11(9-29)16(21)32/h10-12,14-15,29-31H,3-9H2,1-2H3,(H2,21,32)(H,23,33)(H,22,24,25)/t10-,11?,12?,14?,15?/m0/s1. The molecule has 3 rings (SSSR count). The first kappa shape index (κ1) is 26.1. The number of aliphatic hydroxyl groups excluding tert-OH is 3. The van der Waals surface area contributed by atoms with Crippen molar-refractivity contribution >= 4 is 40.6 Å². The van der Waals surface area contributed by atoms with Gasteiger partial charge in [0.1, 0.15) is 12.1 Å². The van der Waals surface area contributed by atoms with Crippen LogP contribution in [0.25, 0.3) is 11.2 Å². The number of hydrogen-bond donors (Lipinski definition) is 6. The van der Waals surface area contributed by atoms with E-state index in [1.165, 1.54) is 16.4 Å². The first-order chi connectivity index (χ1) is 16.3. The number of amides is 2. The molecular weight excluding hydrogens is 464 g/mol. The molecule has 0 saturated heterocycles. The van der Waals surface area contributed by atoms with Crippen molar-refractivity contribution in [2.75, 3.05) is 24.2 Å². The molecule has 5 atom stereocenters. The molecule has 7 N–H and O–H groups in total. The fourth-order valence-corrected chi connectivity index (χ4v) is 4.49. The molecule has 1 fully saturated rings. The maximum Gasteiger partial charge on any atom is 0.242 e. The van der Waals surface area contributed by atoms with Crippen molar-refractivity contribution in [2.24, 2.45) is 11.7 Å². The van der Waals surface area contributed by atoms with Crippen LogP contribution >= 0.6 is 11.8 Å². The van der Waals surface area contributed by atoms with Gasteiger partial charge in [-0.2, -0.15) is 0 Å². The van der Waals surface area contributed by atoms with Crippen LogP contribution in [0, 0.1) is 5.92 Å². The quantitative estimate of drug-likeness (QED) is 0.122. The van der Waals surface area contributed by atoms with Gasteiger partial charge in [-0.25, -0.2) is 14.6 Å². The van der Waals surface area contributed by atoms with Crippen LogP contribution < -0.4 is 16.4 Å². The molecule has 2 aromatic rings. The first-order valence-corrected chi connectivity index (χ1v) is 12.4. The van der Waals surface area contributed by atoms with Crippen LogP contribution in [0.1, 0.15) is 45.6 Å². The molecule has 1 saturated carbocycles. The number of fused-ring (bicyclic) bond motifs is 1. The molecule has 2 aromatic heterocycles. The van der Waals surface area contributed by atoms with Crippen LogP contribution in [0.2, 0.25) is 0 Å². The Morgan fingerprint density at radius 1 is 1.24 bits per heavy atom. The Kier molecular flexibility index (Phi) is 8.99. The van der Waals surface area contributed by atoms with Crippen LogP contribution in [0.4, 0.5) is 5.82 Å². The highest BCUT2D eigenvalue weighted by Gasteiger charge is 2.47. The minimum Gasteiger partial charge on any atom is -0.394 e. The van der Waals surface area contributed by atoms with E-state index in [9.17, 15) is 24.9 Å². The zero-order valence-corrected chi connectivity index (χ0v) is 20.0. The van der Waals surface area contributed by atoms with Gasteiger partial charge in [0, 0.05) is 12.3 Å². The molecule has 1 aliphatic rings. The van der Waals surface area contributed by atoms with Gasteiger partial charge in [-0.05, 0) is 19.3 Å². The van der Waals surface area contributed by atoms with Gasteiger partial charge in [-0.1, -0.05) is 37.2 Å². The monoisotopic (exact) mass is 496 g/mol. The van der Waals surface area contributed by atoms with Crippen LogP contribution in [0.15, 0.2) is 5.16 Å². The molecule has 0 bridgehead atoms. The van der Waals surface area contributed by atoms with E-state index < -0.39 is 48.6 Å². The number of aliphatic hydroxyl groups is 3. The van der Waals surface area contributed by atoms with Crippen molar-refractivity contribution in [2.45, 2.75) is 69.0 Å². The molecule has 2 amide bonds. The third-order valence-electron chi connectivity index (χ3n) is 5.71. The van der Waals surface area contributed by atoms with Crippen LogP contribution in [-0.2, 0) is 9.59 Å². The first-order valence-electron chi connectivity index (χ1n) is 11.4. The van der Waals surface area contributed by atoms with Gasteiger partial charge in [0.05, 0.1) is 24.7 Å². The average Bonchev–Trinajstić information content (AvgIpc) is 3.36. The van der Waals surface area contributed by atoms with Gasteiger partial charge < -0.3 is 31.7 Å². The lowest BCUT2D eigenvalue weighted by molar-refractivity contribution is -0.133. The highest BCUT2D eigenvalue weighted by molar-refractivity contribution is 7.99. The van der Waals surface area contributed by atoms with Gasteiger partial charge in [0.15, 0.2) is 22.1 Å². The Bertz CT molecular complexity index is 1000. The van der Waals surface area contributed by atoms with E-state index in [4.69, 9.17) is 5.73 Å². The number of nitrogens with one attached hydrogen (secondary N) is 2. The topological polar surface area (TPSA) is 201 Å². The Balaban J connectivity index is 1.90. The number of hydrogen-bond acceptors (Lipinski definition) is 11. The zero-order valence-electron chi connectivity index (χ0n) is 19.2. The second-order valence-electron chi connectivity index (χ2n) is 8.23. The van der Waals surface area contributed by atoms with Gasteiger partial charge in [-0.3, -0.25) is 9.59 Å². The van der Waals surface area contributed by atoms with Crippen LogP contribution in [0.3, 0.4) is 0 Å². The molecule has 0 aliphatic heterocycles. The summed E-state index contributed by atoms with van der Waals surface area (Å²) in [5.41, 5.74) is 5.97. The minimum absolute atomic E-state index is 0.0174. The molecule has 0 radical (unpaired) electrons. The van der Waals surface area contributed by atoms with E-state index in [-0.39, 0.29) is 6.42 Å². The number of nitrogens with two attached hydrogens (primary N) is 1. The lowest BCUT2D eigenvalue weighted by atomic mass is 10.0. The number of primary amides is 1. The maximum atomic E-state index is 12.6. The summed E-state index contributed by atoms with van der Waals surface area (Å²) in [7, 11) is 0. The highest BCUT2D eigenvalue weighted by Crippen LogP contribution is 2.37. The van der Waals surface area contributed by atoms with E-state index in [0.29, 0.717) is 28.7 Å². The largest absolute Gasteiger partial charge is 0.394 e. The lowest BCUT2D eigenvalue weighted by Gasteiger charge is -2.19. The molecule has 188 valence electrons. The number of thioether (sulfide) groups is 1. The molecule has 0 spiro atoms. The van der Waals surface area contributed by atoms with E-state index >= 15 is 0 Å². The number of nitrogens with zero attached hydrogens (tertiary/aromatic N) is 5. The van der Waals surface area contributed by atoms with E-state index in [2.05, 4.69) is 44.8 Å². The van der Waals surface area contributed by atoms with Gasteiger partial charge >= 0.3 is 0 Å². The van der Waals surface area contributed by atoms with Gasteiger partial charge in [0.25, 0.3) is 0 Å². The second-order valence-corrected chi connectivity index (χ2v) is 9.29. The summed E-state index contributed by atoms with van der Waals surface area (Å²) in [6.07, 6.45) is 0.153. The lowest BCUT2D eigenvalue weighted by Crippen LogP contribution is -2.50. The molecule has 34 heavy (non-hydrogen) atoms. The summed E-state index contributed by atoms with van der Waals surface area (Å²) < 4.78 is 1.41.